The highest BCUT2D eigenvalue weighted by atomic mass is 32.2. The Balaban J connectivity index is 2.41. The Morgan fingerprint density at radius 2 is 1.93 bits per heavy atom. The average Bonchev–Trinajstić information content (AvgIpc) is 2.58. The molecule has 0 aliphatic rings. The summed E-state index contributed by atoms with van der Waals surface area (Å²) in [7, 11) is -2.30. The molecule has 0 unspecified atom stereocenters. The van der Waals surface area contributed by atoms with E-state index in [4.69, 9.17) is 5.14 Å². The molecule has 0 bridgehead atoms. The molecule has 0 aliphatic carbocycles. The molecule has 3 N–H and O–H groups in total. The molecular formula is C17H20FN5O3S. The number of nitrogens with one attached hydrogen (secondary N) is 1. The maximum Gasteiger partial charge on any atom is 0.298 e. The van der Waals surface area contributed by atoms with Crippen molar-refractivity contribution in [1.29, 1.82) is 0 Å². The molecule has 0 saturated heterocycles. The Morgan fingerprint density at radius 3 is 2.48 bits per heavy atom. The Morgan fingerprint density at radius 1 is 1.30 bits per heavy atom. The van der Waals surface area contributed by atoms with Gasteiger partial charge in [-0.3, -0.25) is 9.78 Å². The van der Waals surface area contributed by atoms with Crippen molar-refractivity contribution < 1.29 is 17.6 Å². The summed E-state index contributed by atoms with van der Waals surface area (Å²) in [4.78, 5) is 22.3. The van der Waals surface area contributed by atoms with Crippen molar-refractivity contribution in [2.75, 3.05) is 11.9 Å². The van der Waals surface area contributed by atoms with E-state index in [9.17, 15) is 17.6 Å². The fourth-order valence-electron chi connectivity index (χ4n) is 2.11. The molecule has 2 aromatic rings. The highest BCUT2D eigenvalue weighted by molar-refractivity contribution is 7.87. The molecule has 0 aliphatic heterocycles. The first-order valence-electron chi connectivity index (χ1n) is 7.95. The van der Waals surface area contributed by atoms with E-state index in [1.54, 1.807) is 16.9 Å². The second-order valence-electron chi connectivity index (χ2n) is 6.02. The van der Waals surface area contributed by atoms with Gasteiger partial charge in [0, 0.05) is 24.7 Å². The van der Waals surface area contributed by atoms with Crippen LogP contribution < -0.4 is 14.8 Å². The van der Waals surface area contributed by atoms with Crippen LogP contribution in [0.15, 0.2) is 36.5 Å². The van der Waals surface area contributed by atoms with Crippen LogP contribution in [0.3, 0.4) is 0 Å². The molecule has 0 radical (unpaired) electrons. The van der Waals surface area contributed by atoms with Crippen molar-refractivity contribution in [3.8, 4) is 11.3 Å². The van der Waals surface area contributed by atoms with Gasteiger partial charge < -0.3 is 4.90 Å². The van der Waals surface area contributed by atoms with Gasteiger partial charge in [0.1, 0.15) is 11.5 Å². The molecule has 0 saturated carbocycles. The Kier molecular flexibility index (Phi) is 6.24. The van der Waals surface area contributed by atoms with E-state index >= 15 is 0 Å². The van der Waals surface area contributed by atoms with E-state index in [1.807, 2.05) is 25.8 Å². The number of aromatic nitrogens is 2. The zero-order valence-electron chi connectivity index (χ0n) is 15.0. The van der Waals surface area contributed by atoms with Crippen molar-refractivity contribution >= 4 is 28.0 Å². The van der Waals surface area contributed by atoms with E-state index < -0.39 is 16.1 Å². The Labute approximate surface area is 157 Å². The number of carbonyl (C=O) groups excluding carboxylic acids is 1. The number of benzene rings is 1. The number of carbonyl (C=O) groups is 1. The molecule has 2 rings (SSSR count). The van der Waals surface area contributed by atoms with Crippen molar-refractivity contribution in [2.24, 2.45) is 5.14 Å². The summed E-state index contributed by atoms with van der Waals surface area (Å²) in [5.41, 5.74) is 1.58. The number of halogens is 1. The van der Waals surface area contributed by atoms with Gasteiger partial charge in [-0.1, -0.05) is 0 Å². The lowest BCUT2D eigenvalue weighted by Gasteiger charge is -2.24. The second kappa shape index (κ2) is 8.23. The average molecular weight is 393 g/mol. The molecule has 1 aromatic heterocycles. The fourth-order valence-corrected chi connectivity index (χ4v) is 2.46. The molecule has 1 aromatic carbocycles. The van der Waals surface area contributed by atoms with Crippen LogP contribution >= 0.6 is 0 Å². The first kappa shape index (κ1) is 20.5. The van der Waals surface area contributed by atoms with Gasteiger partial charge in [0.25, 0.3) is 16.1 Å². The molecular weight excluding hydrogens is 373 g/mol. The summed E-state index contributed by atoms with van der Waals surface area (Å²) < 4.78 is 36.5. The summed E-state index contributed by atoms with van der Waals surface area (Å²) in [5.74, 6) is -0.725. The van der Waals surface area contributed by atoms with E-state index in [0.29, 0.717) is 22.8 Å². The van der Waals surface area contributed by atoms with E-state index in [-0.39, 0.29) is 11.9 Å². The summed E-state index contributed by atoms with van der Waals surface area (Å²) in [5, 5.41) is 4.74. The third-order valence-corrected chi connectivity index (χ3v) is 4.13. The van der Waals surface area contributed by atoms with Gasteiger partial charge in [-0.05, 0) is 44.2 Å². The highest BCUT2D eigenvalue weighted by Crippen LogP contribution is 2.28. The highest BCUT2D eigenvalue weighted by Gasteiger charge is 2.16. The monoisotopic (exact) mass is 393 g/mol. The fraction of sp³-hybridized carbons (Fsp3) is 0.235. The number of amides is 1. The number of nitrogens with two attached hydrogens (primary N) is 1. The summed E-state index contributed by atoms with van der Waals surface area (Å²) in [6.45, 7) is 3.94. The lowest BCUT2D eigenvalue weighted by molar-refractivity contribution is -0.114. The normalized spacial score (nSPS) is 11.8. The van der Waals surface area contributed by atoms with E-state index in [1.165, 1.54) is 24.4 Å². The summed E-state index contributed by atoms with van der Waals surface area (Å²) in [6, 6.07) is 5.98. The number of hydrogen-bond donors (Lipinski definition) is 2. The van der Waals surface area contributed by atoms with Gasteiger partial charge >= 0.3 is 0 Å². The van der Waals surface area contributed by atoms with Crippen LogP contribution in [0.25, 0.3) is 17.3 Å². The van der Waals surface area contributed by atoms with Crippen LogP contribution in [-0.4, -0.2) is 37.4 Å². The molecule has 27 heavy (non-hydrogen) atoms. The number of rotatable bonds is 6. The molecule has 0 atom stereocenters. The van der Waals surface area contributed by atoms with Gasteiger partial charge in [-0.25, -0.2) is 19.2 Å². The van der Waals surface area contributed by atoms with Gasteiger partial charge in [-0.15, -0.1) is 0 Å². The Bertz CT molecular complexity index is 959. The molecule has 0 spiro atoms. The first-order valence-corrected chi connectivity index (χ1v) is 9.50. The van der Waals surface area contributed by atoms with Crippen LogP contribution in [-0.2, 0) is 15.0 Å². The van der Waals surface area contributed by atoms with Crippen molar-refractivity contribution in [3.05, 3.63) is 48.0 Å². The number of nitrogens with zero attached hydrogens (tertiary/aromatic N) is 3. The van der Waals surface area contributed by atoms with E-state index in [0.717, 1.165) is 6.08 Å². The minimum absolute atomic E-state index is 0.100. The van der Waals surface area contributed by atoms with Crippen LogP contribution in [0.5, 0.6) is 0 Å². The third kappa shape index (κ3) is 5.83. The van der Waals surface area contributed by atoms with Gasteiger partial charge in [0.05, 0.1) is 11.9 Å². The smallest absolute Gasteiger partial charge is 0.298 e. The quantitative estimate of drug-likeness (QED) is 0.718. The maximum atomic E-state index is 13.2. The zero-order valence-corrected chi connectivity index (χ0v) is 15.9. The van der Waals surface area contributed by atoms with Crippen LogP contribution in [0.2, 0.25) is 0 Å². The molecule has 1 heterocycles. The largest absolute Gasteiger partial charge is 0.355 e. The Hall–Kier alpha value is -2.85. The maximum absolute atomic E-state index is 13.2. The molecule has 1 amide bonds. The van der Waals surface area contributed by atoms with Gasteiger partial charge in [0.2, 0.25) is 0 Å². The minimum Gasteiger partial charge on any atom is -0.355 e. The first-order chi connectivity index (χ1) is 12.6. The van der Waals surface area contributed by atoms with Crippen molar-refractivity contribution in [1.82, 2.24) is 14.7 Å². The molecule has 144 valence electrons. The lowest BCUT2D eigenvalue weighted by atomic mass is 10.1. The van der Waals surface area contributed by atoms with Gasteiger partial charge in [-0.2, -0.15) is 8.42 Å². The number of hydrogen-bond acceptors (Lipinski definition) is 6. The summed E-state index contributed by atoms with van der Waals surface area (Å²) >= 11 is 0. The van der Waals surface area contributed by atoms with Crippen LogP contribution in [0.1, 0.15) is 19.5 Å². The van der Waals surface area contributed by atoms with Crippen molar-refractivity contribution in [3.63, 3.8) is 0 Å². The molecule has 10 heteroatoms. The second-order valence-corrected chi connectivity index (χ2v) is 7.32. The standard InChI is InChI=1S/C17H20FN5O3S/c1-11(2)23(3)17-16(12-4-6-13(18)7-5-12)20-10-14(21-17)8-9-15(24)22-27(19,25)26/h4-11H,1-3H3,(H,22,24)(H2,19,25,26). The predicted octanol–water partition coefficient (Wildman–Crippen LogP) is 1.46. The van der Waals surface area contributed by atoms with Crippen LogP contribution in [0.4, 0.5) is 10.2 Å². The predicted molar refractivity (Wildman–Crippen MR) is 101 cm³/mol. The number of anilines is 1. The SMILES string of the molecule is CC(C)N(C)c1nc(C=CC(=O)NS(N)(=O)=O)cnc1-c1ccc(F)cc1. The lowest BCUT2D eigenvalue weighted by Crippen LogP contribution is -2.34. The molecule has 0 fully saturated rings. The minimum atomic E-state index is -4.13. The van der Waals surface area contributed by atoms with Gasteiger partial charge in [0.15, 0.2) is 5.82 Å². The summed E-state index contributed by atoms with van der Waals surface area (Å²) in [6.07, 6.45) is 3.74. The third-order valence-electron chi connectivity index (χ3n) is 3.65. The zero-order chi connectivity index (χ0) is 20.2. The molecule has 8 nitrogen and oxygen atoms in total. The van der Waals surface area contributed by atoms with Crippen LogP contribution in [0, 0.1) is 5.82 Å². The topological polar surface area (TPSA) is 118 Å². The van der Waals surface area contributed by atoms with Crippen molar-refractivity contribution in [2.45, 2.75) is 19.9 Å². The van der Waals surface area contributed by atoms with E-state index in [2.05, 4.69) is 9.97 Å².